The molecule has 1 aromatic heterocycles. The van der Waals surface area contributed by atoms with Gasteiger partial charge in [0.05, 0.1) is 35.3 Å². The van der Waals surface area contributed by atoms with Crippen LogP contribution in [0.15, 0.2) is 48.5 Å². The number of ether oxygens (including phenoxy) is 2. The van der Waals surface area contributed by atoms with E-state index in [9.17, 15) is 0 Å². The molecule has 0 atom stereocenters. The van der Waals surface area contributed by atoms with Gasteiger partial charge in [-0.3, -0.25) is 5.41 Å². The van der Waals surface area contributed by atoms with E-state index in [1.165, 1.54) is 0 Å². The number of nitrogens with zero attached hydrogens (tertiary/aromatic N) is 2. The van der Waals surface area contributed by atoms with E-state index in [1.807, 2.05) is 57.7 Å². The number of aromatic nitrogens is 2. The van der Waals surface area contributed by atoms with E-state index in [1.54, 1.807) is 14.2 Å². The molecule has 5 nitrogen and oxygen atoms in total. The van der Waals surface area contributed by atoms with Crippen LogP contribution in [0.3, 0.4) is 0 Å². The van der Waals surface area contributed by atoms with Crippen LogP contribution in [0.1, 0.15) is 11.1 Å². The number of nitrogens with one attached hydrogen (secondary N) is 1. The number of imidazole rings is 1. The first-order valence-electron chi connectivity index (χ1n) is 10.6. The minimum atomic E-state index is 0.411. The molecule has 4 rings (SSSR count). The lowest BCUT2D eigenvalue weighted by molar-refractivity contribution is 0.355. The Morgan fingerprint density at radius 2 is 1.18 bits per heavy atom. The van der Waals surface area contributed by atoms with Crippen molar-refractivity contribution in [2.75, 3.05) is 14.2 Å². The average Bonchev–Trinajstić information content (AvgIpc) is 3.09. The third kappa shape index (κ3) is 5.08. The zero-order chi connectivity index (χ0) is 24.4. The van der Waals surface area contributed by atoms with Crippen molar-refractivity contribution in [3.05, 3.63) is 82.5 Å². The monoisotopic (exact) mass is 721 g/mol. The largest absolute Gasteiger partial charge is 0.493 e. The number of hydrogen-bond donors (Lipinski definition) is 1. The van der Waals surface area contributed by atoms with Crippen LogP contribution < -0.4 is 15.1 Å². The standard InChI is InChI=1S/C25H23Cl2I2N3O2/c1-33-21-13-19-20(14-22(21)34-2)32(12-10-16-6-4-8-18(29)24(16)27)25(30)31(19)11-9-15-5-3-7-17(28)23(15)26/h3-8,13-14,30H,9-12H2,1-2H3. The van der Waals surface area contributed by atoms with Crippen LogP contribution in [0.4, 0.5) is 0 Å². The molecule has 0 amide bonds. The van der Waals surface area contributed by atoms with Crippen molar-refractivity contribution < 1.29 is 9.47 Å². The molecule has 0 aliphatic rings. The van der Waals surface area contributed by atoms with Crippen molar-refractivity contribution in [1.82, 2.24) is 9.13 Å². The third-order valence-corrected chi connectivity index (χ3v) is 9.17. The fourth-order valence-corrected chi connectivity index (χ4v) is 5.61. The van der Waals surface area contributed by atoms with Gasteiger partial charge in [-0.05, 0) is 81.3 Å². The molecule has 0 aliphatic carbocycles. The molecule has 0 fully saturated rings. The molecular weight excluding hydrogens is 699 g/mol. The van der Waals surface area contributed by atoms with Gasteiger partial charge in [0, 0.05) is 32.4 Å². The van der Waals surface area contributed by atoms with Crippen molar-refractivity contribution in [1.29, 1.82) is 5.41 Å². The first-order valence-corrected chi connectivity index (χ1v) is 13.5. The SMILES string of the molecule is COc1cc2c(cc1OC)n(CCc1cccc(I)c1Cl)c(=N)n2CCc1cccc(I)c1Cl. The van der Waals surface area contributed by atoms with E-state index in [4.69, 9.17) is 38.1 Å². The van der Waals surface area contributed by atoms with E-state index in [0.717, 1.165) is 39.3 Å². The number of aryl methyl sites for hydroxylation is 4. The quantitative estimate of drug-likeness (QED) is 0.201. The highest BCUT2D eigenvalue weighted by atomic mass is 127. The summed E-state index contributed by atoms with van der Waals surface area (Å²) in [5.41, 5.74) is 4.37. The Labute approximate surface area is 235 Å². The fraction of sp³-hybridized carbons (Fsp3) is 0.240. The number of halogens is 4. The Balaban J connectivity index is 1.76. The second-order valence-corrected chi connectivity index (χ2v) is 10.8. The van der Waals surface area contributed by atoms with Crippen LogP contribution in [-0.4, -0.2) is 23.4 Å². The second-order valence-electron chi connectivity index (χ2n) is 7.75. The van der Waals surface area contributed by atoms with Crippen LogP contribution in [0.25, 0.3) is 11.0 Å². The minimum Gasteiger partial charge on any atom is -0.493 e. The highest BCUT2D eigenvalue weighted by molar-refractivity contribution is 14.1. The van der Waals surface area contributed by atoms with Gasteiger partial charge in [-0.15, -0.1) is 0 Å². The molecule has 0 aliphatic heterocycles. The second kappa shape index (κ2) is 11.1. The Bertz CT molecular complexity index is 1310. The summed E-state index contributed by atoms with van der Waals surface area (Å²) in [4.78, 5) is 0. The predicted molar refractivity (Wildman–Crippen MR) is 155 cm³/mol. The van der Waals surface area contributed by atoms with E-state index in [2.05, 4.69) is 45.2 Å². The normalized spacial score (nSPS) is 11.2. The van der Waals surface area contributed by atoms with Crippen LogP contribution in [0, 0.1) is 12.5 Å². The molecule has 9 heteroatoms. The highest BCUT2D eigenvalue weighted by Crippen LogP contribution is 2.33. The van der Waals surface area contributed by atoms with Gasteiger partial charge in [0.1, 0.15) is 0 Å². The van der Waals surface area contributed by atoms with Crippen LogP contribution in [0.5, 0.6) is 11.5 Å². The molecule has 34 heavy (non-hydrogen) atoms. The maximum atomic E-state index is 9.03. The lowest BCUT2D eigenvalue weighted by Crippen LogP contribution is -2.26. The van der Waals surface area contributed by atoms with E-state index < -0.39 is 0 Å². The maximum absolute atomic E-state index is 9.03. The van der Waals surface area contributed by atoms with E-state index in [0.29, 0.717) is 43.0 Å². The van der Waals surface area contributed by atoms with Crippen molar-refractivity contribution >= 4 is 79.4 Å². The zero-order valence-corrected chi connectivity index (χ0v) is 24.5. The molecule has 3 aromatic carbocycles. The molecule has 0 saturated heterocycles. The van der Waals surface area contributed by atoms with Gasteiger partial charge in [-0.25, -0.2) is 0 Å². The van der Waals surface area contributed by atoms with Crippen molar-refractivity contribution in [2.24, 2.45) is 0 Å². The Kier molecular flexibility index (Phi) is 8.37. The smallest absolute Gasteiger partial charge is 0.203 e. The molecule has 0 radical (unpaired) electrons. The first kappa shape index (κ1) is 25.7. The summed E-state index contributed by atoms with van der Waals surface area (Å²) in [5, 5.41) is 10.6. The number of benzene rings is 3. The molecule has 1 N–H and O–H groups in total. The topological polar surface area (TPSA) is 52.2 Å². The lowest BCUT2D eigenvalue weighted by atomic mass is 10.1. The van der Waals surface area contributed by atoms with Gasteiger partial charge in [0.15, 0.2) is 11.5 Å². The fourth-order valence-electron chi connectivity index (χ4n) is 4.06. The number of rotatable bonds is 8. The minimum absolute atomic E-state index is 0.411. The van der Waals surface area contributed by atoms with Crippen LogP contribution in [0.2, 0.25) is 10.0 Å². The summed E-state index contributed by atoms with van der Waals surface area (Å²) in [6, 6.07) is 16.0. The van der Waals surface area contributed by atoms with Crippen molar-refractivity contribution in [3.63, 3.8) is 0 Å². The van der Waals surface area contributed by atoms with E-state index in [-0.39, 0.29) is 0 Å². The predicted octanol–water partition coefficient (Wildman–Crippen LogP) is 6.94. The summed E-state index contributed by atoms with van der Waals surface area (Å²) in [6.45, 7) is 1.23. The van der Waals surface area contributed by atoms with Gasteiger partial charge in [0.2, 0.25) is 5.62 Å². The summed E-state index contributed by atoms with van der Waals surface area (Å²) in [7, 11) is 3.24. The number of methoxy groups -OCH3 is 2. The summed E-state index contributed by atoms with van der Waals surface area (Å²) < 4.78 is 17.2. The third-order valence-electron chi connectivity index (χ3n) is 5.85. The molecular formula is C25H23Cl2I2N3O2. The average molecular weight is 722 g/mol. The summed E-state index contributed by atoms with van der Waals surface area (Å²) in [6.07, 6.45) is 1.42. The number of hydrogen-bond acceptors (Lipinski definition) is 3. The summed E-state index contributed by atoms with van der Waals surface area (Å²) >= 11 is 17.6. The molecule has 178 valence electrons. The van der Waals surface area contributed by atoms with Gasteiger partial charge in [0.25, 0.3) is 0 Å². The summed E-state index contributed by atoms with van der Waals surface area (Å²) in [5.74, 6) is 1.27. The Morgan fingerprint density at radius 1 is 0.765 bits per heavy atom. The first-order chi connectivity index (χ1) is 16.3. The van der Waals surface area contributed by atoms with Gasteiger partial charge in [-0.2, -0.15) is 0 Å². The van der Waals surface area contributed by atoms with Gasteiger partial charge >= 0.3 is 0 Å². The number of fused-ring (bicyclic) bond motifs is 1. The molecule has 0 unspecified atom stereocenters. The van der Waals surface area contributed by atoms with E-state index >= 15 is 0 Å². The highest BCUT2D eigenvalue weighted by Gasteiger charge is 2.17. The molecule has 1 heterocycles. The Morgan fingerprint density at radius 3 is 1.56 bits per heavy atom. The van der Waals surface area contributed by atoms with Gasteiger partial charge < -0.3 is 18.6 Å². The van der Waals surface area contributed by atoms with Crippen LogP contribution >= 0.6 is 68.4 Å². The molecule has 4 aromatic rings. The van der Waals surface area contributed by atoms with Crippen LogP contribution in [-0.2, 0) is 25.9 Å². The molecule has 0 spiro atoms. The maximum Gasteiger partial charge on any atom is 0.203 e. The molecule has 0 saturated carbocycles. The zero-order valence-electron chi connectivity index (χ0n) is 18.7. The van der Waals surface area contributed by atoms with Crippen molar-refractivity contribution in [3.8, 4) is 11.5 Å². The molecule has 0 bridgehead atoms. The van der Waals surface area contributed by atoms with Crippen molar-refractivity contribution in [2.45, 2.75) is 25.9 Å². The van der Waals surface area contributed by atoms with Gasteiger partial charge in [-0.1, -0.05) is 47.5 Å². The lowest BCUT2D eigenvalue weighted by Gasteiger charge is -2.10. The Hall–Kier alpha value is -1.43.